The minimum atomic E-state index is -0.939. The highest BCUT2D eigenvalue weighted by Crippen LogP contribution is 2.35. The molecule has 4 amide bonds. The van der Waals surface area contributed by atoms with Gasteiger partial charge in [0.25, 0.3) is 5.91 Å². The Morgan fingerprint density at radius 3 is 1.91 bits per heavy atom. The van der Waals surface area contributed by atoms with Crippen LogP contribution in [-0.2, 0) is 27.2 Å². The first-order valence-electron chi connectivity index (χ1n) is 19.3. The van der Waals surface area contributed by atoms with Crippen molar-refractivity contribution in [2.45, 2.75) is 64.1 Å². The summed E-state index contributed by atoms with van der Waals surface area (Å²) in [5, 5.41) is 11.1. The van der Waals surface area contributed by atoms with E-state index in [9.17, 15) is 19.2 Å². The van der Waals surface area contributed by atoms with Crippen LogP contribution in [-0.4, -0.2) is 58.4 Å². The summed E-state index contributed by atoms with van der Waals surface area (Å²) in [5.41, 5.74) is 8.03. The van der Waals surface area contributed by atoms with Crippen molar-refractivity contribution < 1.29 is 23.9 Å². The second-order valence-corrected chi connectivity index (χ2v) is 16.6. The average Bonchev–Trinajstić information content (AvgIpc) is 3.66. The highest BCUT2D eigenvalue weighted by Gasteiger charge is 2.33. The topological polar surface area (TPSA) is 144 Å². The van der Waals surface area contributed by atoms with E-state index in [0.29, 0.717) is 42.2 Å². The first-order chi connectivity index (χ1) is 27.4. The Kier molecular flexibility index (Phi) is 11.7. The molecular formula is C46H47N5O5S. The number of aromatic nitrogens is 1. The molecule has 2 atom stereocenters. The number of thiazole rings is 1. The van der Waals surface area contributed by atoms with Crippen LogP contribution in [0.1, 0.15) is 66.3 Å². The molecule has 1 aromatic heterocycles. The molecular weight excluding hydrogens is 735 g/mol. The van der Waals surface area contributed by atoms with E-state index in [1.54, 1.807) is 4.90 Å². The zero-order valence-electron chi connectivity index (χ0n) is 32.4. The van der Waals surface area contributed by atoms with Gasteiger partial charge in [0, 0.05) is 25.4 Å². The number of likely N-dealkylation sites (tertiary alicyclic amines) is 1. The number of fused-ring (bicyclic) bond motifs is 2. The molecule has 292 valence electrons. The third-order valence-corrected chi connectivity index (χ3v) is 11.4. The summed E-state index contributed by atoms with van der Waals surface area (Å²) in [4.78, 5) is 61.1. The maximum atomic E-state index is 14.7. The Balaban J connectivity index is 1.19. The van der Waals surface area contributed by atoms with Gasteiger partial charge in [0.15, 0.2) is 0 Å². The molecule has 57 heavy (non-hydrogen) atoms. The molecule has 0 aliphatic carbocycles. The number of carbonyl (C=O) groups excluding carboxylic acids is 4. The highest BCUT2D eigenvalue weighted by molar-refractivity contribution is 7.15. The van der Waals surface area contributed by atoms with Gasteiger partial charge in [-0.3, -0.25) is 14.4 Å². The molecule has 6 aromatic rings. The summed E-state index contributed by atoms with van der Waals surface area (Å²) >= 11 is 1.32. The third kappa shape index (κ3) is 9.67. The van der Waals surface area contributed by atoms with E-state index in [0.717, 1.165) is 38.2 Å². The molecule has 7 rings (SSSR count). The van der Waals surface area contributed by atoms with Crippen molar-refractivity contribution in [3.63, 3.8) is 0 Å². The largest absolute Gasteiger partial charge is 0.444 e. The smallest absolute Gasteiger partial charge is 0.410 e. The molecule has 5 aromatic carbocycles. The number of nitrogens with two attached hydrogens (primary N) is 1. The molecule has 0 saturated carbocycles. The van der Waals surface area contributed by atoms with Crippen LogP contribution >= 0.6 is 11.3 Å². The van der Waals surface area contributed by atoms with E-state index in [4.69, 9.17) is 15.5 Å². The molecule has 1 aliphatic rings. The summed E-state index contributed by atoms with van der Waals surface area (Å²) < 4.78 is 5.55. The Labute approximate surface area is 336 Å². The van der Waals surface area contributed by atoms with Gasteiger partial charge in [0.1, 0.15) is 22.3 Å². The van der Waals surface area contributed by atoms with Crippen LogP contribution in [0.2, 0.25) is 0 Å². The molecule has 0 unspecified atom stereocenters. The van der Waals surface area contributed by atoms with Crippen LogP contribution in [0.4, 0.5) is 4.79 Å². The molecule has 0 spiro atoms. The predicted octanol–water partition coefficient (Wildman–Crippen LogP) is 7.99. The Bertz CT molecular complexity index is 2420. The van der Waals surface area contributed by atoms with Gasteiger partial charge in [0.05, 0.1) is 10.9 Å². The first-order valence-corrected chi connectivity index (χ1v) is 20.1. The number of nitrogens with one attached hydrogen (secondary N) is 2. The van der Waals surface area contributed by atoms with Crippen LogP contribution in [0.15, 0.2) is 115 Å². The van der Waals surface area contributed by atoms with Crippen LogP contribution in [0.5, 0.6) is 0 Å². The molecule has 10 nitrogen and oxygen atoms in total. The zero-order chi connectivity index (χ0) is 40.1. The van der Waals surface area contributed by atoms with Crippen molar-refractivity contribution in [2.24, 2.45) is 11.7 Å². The molecule has 0 bridgehead atoms. The fraction of sp³-hybridized carbons (Fsp3) is 0.283. The molecule has 0 radical (unpaired) electrons. The van der Waals surface area contributed by atoms with Crippen molar-refractivity contribution in [1.29, 1.82) is 0 Å². The number of amides is 4. The fourth-order valence-electron chi connectivity index (χ4n) is 7.26. The van der Waals surface area contributed by atoms with Gasteiger partial charge in [-0.25, -0.2) is 9.78 Å². The van der Waals surface area contributed by atoms with E-state index in [1.807, 2.05) is 130 Å². The summed E-state index contributed by atoms with van der Waals surface area (Å²) in [7, 11) is 0. The lowest BCUT2D eigenvalue weighted by Gasteiger charge is -2.33. The summed E-state index contributed by atoms with van der Waals surface area (Å²) in [6.45, 7) is 6.22. The Morgan fingerprint density at radius 1 is 0.772 bits per heavy atom. The zero-order valence-corrected chi connectivity index (χ0v) is 33.2. The lowest BCUT2D eigenvalue weighted by atomic mass is 9.94. The van der Waals surface area contributed by atoms with Crippen molar-refractivity contribution in [2.75, 3.05) is 13.1 Å². The molecule has 2 heterocycles. The van der Waals surface area contributed by atoms with Gasteiger partial charge in [-0.1, -0.05) is 115 Å². The maximum absolute atomic E-state index is 14.7. The van der Waals surface area contributed by atoms with Crippen molar-refractivity contribution >= 4 is 56.7 Å². The SMILES string of the molecule is CC(C)(C)OC(=O)N1CCC(C(=O)N[C@H](Cc2ccc3ccccc3c2)C(=O)N[C@H](Cc2ccc3ccccc3c2)c2nc(C(N)=O)c(-c3ccccc3)s2)CC1. The van der Waals surface area contributed by atoms with Crippen LogP contribution in [0.3, 0.4) is 0 Å². The average molecular weight is 782 g/mol. The Hall–Kier alpha value is -6.07. The molecule has 1 saturated heterocycles. The number of piperidine rings is 1. The fourth-order valence-corrected chi connectivity index (χ4v) is 8.39. The normalized spacial score (nSPS) is 14.5. The summed E-state index contributed by atoms with van der Waals surface area (Å²) in [5.74, 6) is -1.69. The summed E-state index contributed by atoms with van der Waals surface area (Å²) in [6.07, 6.45) is 1.09. The number of nitrogens with zero attached hydrogens (tertiary/aromatic N) is 2. The maximum Gasteiger partial charge on any atom is 0.410 e. The third-order valence-electron chi connectivity index (χ3n) is 10.2. The van der Waals surface area contributed by atoms with Crippen LogP contribution in [0.25, 0.3) is 32.0 Å². The van der Waals surface area contributed by atoms with Gasteiger partial charge in [-0.05, 0) is 78.3 Å². The van der Waals surface area contributed by atoms with Crippen molar-refractivity contribution in [1.82, 2.24) is 20.5 Å². The lowest BCUT2D eigenvalue weighted by Crippen LogP contribution is -2.52. The lowest BCUT2D eigenvalue weighted by molar-refractivity contribution is -0.132. The number of hydrogen-bond acceptors (Lipinski definition) is 7. The van der Waals surface area contributed by atoms with E-state index in [-0.39, 0.29) is 23.9 Å². The number of ether oxygens (including phenoxy) is 1. The minimum Gasteiger partial charge on any atom is -0.444 e. The predicted molar refractivity (Wildman–Crippen MR) is 225 cm³/mol. The van der Waals surface area contributed by atoms with Gasteiger partial charge >= 0.3 is 6.09 Å². The van der Waals surface area contributed by atoms with E-state index < -0.39 is 35.6 Å². The molecule has 4 N–H and O–H groups in total. The molecule has 1 aliphatic heterocycles. The van der Waals surface area contributed by atoms with E-state index in [1.165, 1.54) is 11.3 Å². The van der Waals surface area contributed by atoms with E-state index in [2.05, 4.69) is 16.7 Å². The number of rotatable bonds is 11. The summed E-state index contributed by atoms with van der Waals surface area (Å²) in [6, 6.07) is 36.1. The number of benzene rings is 5. The first kappa shape index (κ1) is 39.2. The quantitative estimate of drug-likeness (QED) is 0.122. The number of carbonyl (C=O) groups is 4. The van der Waals surface area contributed by atoms with Gasteiger partial charge in [0.2, 0.25) is 11.8 Å². The van der Waals surface area contributed by atoms with Gasteiger partial charge in [-0.2, -0.15) is 0 Å². The van der Waals surface area contributed by atoms with Gasteiger partial charge < -0.3 is 26.0 Å². The standard InChI is InChI=1S/C46H47N5O5S/c1-46(2,3)56-45(55)51-23-21-34(22-24-51)42(53)48-37(27-29-17-19-31-11-7-9-15-35(31)25-29)43(54)49-38(28-30-18-20-32-12-8-10-16-36(32)26-30)44-50-39(41(47)52)40(57-44)33-13-5-4-6-14-33/h4-20,25-26,34,37-38H,21-24,27-28H2,1-3H3,(H2,47,52)(H,48,53)(H,49,54)/t37-,38-/m1/s1. The highest BCUT2D eigenvalue weighted by atomic mass is 32.1. The number of primary amides is 1. The Morgan fingerprint density at radius 2 is 1.33 bits per heavy atom. The van der Waals surface area contributed by atoms with Crippen LogP contribution in [0, 0.1) is 5.92 Å². The number of hydrogen-bond donors (Lipinski definition) is 3. The second kappa shape index (κ2) is 17.0. The van der Waals surface area contributed by atoms with Crippen molar-refractivity contribution in [3.05, 3.63) is 137 Å². The second-order valence-electron chi connectivity index (χ2n) is 15.6. The van der Waals surface area contributed by atoms with E-state index >= 15 is 0 Å². The van der Waals surface area contributed by atoms with Crippen LogP contribution < -0.4 is 16.4 Å². The monoisotopic (exact) mass is 781 g/mol. The molecule has 1 fully saturated rings. The van der Waals surface area contributed by atoms with Gasteiger partial charge in [-0.15, -0.1) is 11.3 Å². The minimum absolute atomic E-state index is 0.137. The van der Waals surface area contributed by atoms with Crippen molar-refractivity contribution in [3.8, 4) is 10.4 Å². The molecule has 11 heteroatoms.